The Kier molecular flexibility index (Phi) is 5.31. The molecule has 5 nitrogen and oxygen atoms in total. The van der Waals surface area contributed by atoms with E-state index in [2.05, 4.69) is 22.0 Å². The van der Waals surface area contributed by atoms with Gasteiger partial charge >= 0.3 is 0 Å². The van der Waals surface area contributed by atoms with Crippen LogP contribution in [0.5, 0.6) is 5.75 Å². The molecule has 0 unspecified atom stereocenters. The van der Waals surface area contributed by atoms with E-state index in [4.69, 9.17) is 10.00 Å². The molecule has 0 aliphatic heterocycles. The van der Waals surface area contributed by atoms with Crippen LogP contribution in [0.2, 0.25) is 0 Å². The molecule has 0 atom stereocenters. The minimum Gasteiger partial charge on any atom is -0.492 e. The lowest BCUT2D eigenvalue weighted by Crippen LogP contribution is -2.10. The third-order valence-electron chi connectivity index (χ3n) is 2.65. The van der Waals surface area contributed by atoms with Gasteiger partial charge in [-0.3, -0.25) is 10.1 Å². The quantitative estimate of drug-likeness (QED) is 0.448. The Morgan fingerprint density at radius 1 is 1.53 bits per heavy atom. The number of halogens is 1. The second-order valence-electron chi connectivity index (χ2n) is 4.79. The summed E-state index contributed by atoms with van der Waals surface area (Å²) in [5.74, 6) is 0.448. The maximum atomic E-state index is 10.8. The zero-order chi connectivity index (χ0) is 14.5. The lowest BCUT2D eigenvalue weighted by Gasteiger charge is -2.15. The van der Waals surface area contributed by atoms with E-state index < -0.39 is 4.92 Å². The second kappa shape index (κ2) is 6.53. The lowest BCUT2D eigenvalue weighted by molar-refractivity contribution is -0.385. The van der Waals surface area contributed by atoms with Crippen LogP contribution in [0.15, 0.2) is 22.7 Å². The molecule has 0 bridgehead atoms. The molecule has 0 fully saturated rings. The largest absolute Gasteiger partial charge is 0.492 e. The summed E-state index contributed by atoms with van der Waals surface area (Å²) in [6.45, 7) is 4.16. The normalized spacial score (nSPS) is 10.8. The molecule has 0 aliphatic carbocycles. The fraction of sp³-hybridized carbons (Fsp3) is 0.462. The van der Waals surface area contributed by atoms with Crippen LogP contribution in [0.3, 0.4) is 0 Å². The molecular formula is C13H15BrN2O3. The molecule has 1 aromatic rings. The molecule has 0 saturated carbocycles. The van der Waals surface area contributed by atoms with Crippen LogP contribution >= 0.6 is 15.9 Å². The van der Waals surface area contributed by atoms with Gasteiger partial charge in [0.1, 0.15) is 10.2 Å². The standard InChI is InChI=1S/C13H15BrN2O3/c1-13(2,9-15)7-4-8-19-11-6-3-5-10(12(11)14)16(17)18/h3,5-6H,4,7-8H2,1-2H3. The Bertz CT molecular complexity index is 509. The van der Waals surface area contributed by atoms with Gasteiger partial charge in [0, 0.05) is 6.07 Å². The molecule has 0 aliphatic rings. The minimum absolute atomic E-state index is 0.0187. The van der Waals surface area contributed by atoms with Gasteiger partial charge in [-0.1, -0.05) is 6.07 Å². The summed E-state index contributed by atoms with van der Waals surface area (Å²) in [6.07, 6.45) is 1.44. The van der Waals surface area contributed by atoms with Crippen molar-refractivity contribution in [3.05, 3.63) is 32.8 Å². The molecule has 0 aromatic heterocycles. The van der Waals surface area contributed by atoms with Gasteiger partial charge in [0.2, 0.25) is 0 Å². The summed E-state index contributed by atoms with van der Waals surface area (Å²) in [4.78, 5) is 10.3. The van der Waals surface area contributed by atoms with E-state index >= 15 is 0 Å². The van der Waals surface area contributed by atoms with E-state index in [0.29, 0.717) is 16.8 Å². The minimum atomic E-state index is -0.463. The molecule has 19 heavy (non-hydrogen) atoms. The molecule has 0 spiro atoms. The van der Waals surface area contributed by atoms with Gasteiger partial charge in [0.05, 0.1) is 23.0 Å². The zero-order valence-electron chi connectivity index (χ0n) is 10.9. The van der Waals surface area contributed by atoms with Crippen molar-refractivity contribution in [1.82, 2.24) is 0 Å². The number of hydrogen-bond acceptors (Lipinski definition) is 4. The predicted octanol–water partition coefficient (Wildman–Crippen LogP) is 4.07. The van der Waals surface area contributed by atoms with Gasteiger partial charge in [-0.25, -0.2) is 0 Å². The Hall–Kier alpha value is -1.61. The fourth-order valence-corrected chi connectivity index (χ4v) is 2.03. The number of benzene rings is 1. The number of nitrogens with zero attached hydrogens (tertiary/aromatic N) is 2. The average Bonchev–Trinajstić information content (AvgIpc) is 2.36. The third-order valence-corrected chi connectivity index (χ3v) is 3.44. The molecule has 1 rings (SSSR count). The average molecular weight is 327 g/mol. The number of rotatable bonds is 6. The smallest absolute Gasteiger partial charge is 0.287 e. The number of ether oxygens (including phenoxy) is 1. The number of nitro groups is 1. The van der Waals surface area contributed by atoms with Crippen LogP contribution < -0.4 is 4.74 Å². The van der Waals surface area contributed by atoms with Crippen LogP contribution in [-0.2, 0) is 0 Å². The molecule has 0 radical (unpaired) electrons. The van der Waals surface area contributed by atoms with Crippen molar-refractivity contribution in [1.29, 1.82) is 5.26 Å². The Morgan fingerprint density at radius 2 is 2.21 bits per heavy atom. The van der Waals surface area contributed by atoms with Crippen LogP contribution in [0.4, 0.5) is 5.69 Å². The summed E-state index contributed by atoms with van der Waals surface area (Å²) >= 11 is 3.17. The number of nitro benzene ring substituents is 1. The molecule has 0 N–H and O–H groups in total. The topological polar surface area (TPSA) is 76.2 Å². The maximum Gasteiger partial charge on any atom is 0.287 e. The molecular weight excluding hydrogens is 312 g/mol. The fourth-order valence-electron chi connectivity index (χ4n) is 1.50. The highest BCUT2D eigenvalue weighted by Crippen LogP contribution is 2.34. The van der Waals surface area contributed by atoms with Crippen molar-refractivity contribution in [2.45, 2.75) is 26.7 Å². The van der Waals surface area contributed by atoms with E-state index in [-0.39, 0.29) is 11.1 Å². The van der Waals surface area contributed by atoms with Gasteiger partial charge in [-0.05, 0) is 48.7 Å². The highest BCUT2D eigenvalue weighted by molar-refractivity contribution is 9.10. The van der Waals surface area contributed by atoms with Crippen LogP contribution in [0.25, 0.3) is 0 Å². The second-order valence-corrected chi connectivity index (χ2v) is 5.59. The lowest BCUT2D eigenvalue weighted by atomic mass is 9.90. The van der Waals surface area contributed by atoms with E-state index in [1.165, 1.54) is 6.07 Å². The summed E-state index contributed by atoms with van der Waals surface area (Å²) in [7, 11) is 0. The molecule has 102 valence electrons. The summed E-state index contributed by atoms with van der Waals surface area (Å²) < 4.78 is 5.85. The van der Waals surface area contributed by atoms with Gasteiger partial charge in [0.15, 0.2) is 0 Å². The van der Waals surface area contributed by atoms with Gasteiger partial charge in [-0.15, -0.1) is 0 Å². The van der Waals surface area contributed by atoms with Crippen molar-refractivity contribution in [3.8, 4) is 11.8 Å². The van der Waals surface area contributed by atoms with E-state index in [1.807, 2.05) is 13.8 Å². The zero-order valence-corrected chi connectivity index (χ0v) is 12.4. The SMILES string of the molecule is CC(C)(C#N)CCCOc1cccc([N+](=O)[O-])c1Br. The Balaban J connectivity index is 2.58. The van der Waals surface area contributed by atoms with Crippen molar-refractivity contribution in [2.75, 3.05) is 6.61 Å². The van der Waals surface area contributed by atoms with Crippen molar-refractivity contribution in [3.63, 3.8) is 0 Å². The van der Waals surface area contributed by atoms with E-state index in [1.54, 1.807) is 12.1 Å². The Labute approximate surface area is 120 Å². The van der Waals surface area contributed by atoms with Crippen molar-refractivity contribution in [2.24, 2.45) is 5.41 Å². The molecule has 6 heteroatoms. The Morgan fingerprint density at radius 3 is 2.79 bits per heavy atom. The molecule has 0 amide bonds. The maximum absolute atomic E-state index is 10.8. The summed E-state index contributed by atoms with van der Waals surface area (Å²) in [5, 5.41) is 19.6. The summed E-state index contributed by atoms with van der Waals surface area (Å²) in [5.41, 5.74) is -0.390. The summed E-state index contributed by atoms with van der Waals surface area (Å²) in [6, 6.07) is 6.89. The first-order chi connectivity index (χ1) is 8.87. The first kappa shape index (κ1) is 15.4. The highest BCUT2D eigenvalue weighted by Gasteiger charge is 2.17. The predicted molar refractivity (Wildman–Crippen MR) is 74.9 cm³/mol. The highest BCUT2D eigenvalue weighted by atomic mass is 79.9. The number of nitriles is 1. The van der Waals surface area contributed by atoms with Gasteiger partial charge in [-0.2, -0.15) is 5.26 Å². The van der Waals surface area contributed by atoms with Crippen LogP contribution in [0.1, 0.15) is 26.7 Å². The molecule has 0 heterocycles. The van der Waals surface area contributed by atoms with Crippen molar-refractivity contribution >= 4 is 21.6 Å². The third kappa shape index (κ3) is 4.52. The van der Waals surface area contributed by atoms with Gasteiger partial charge < -0.3 is 4.74 Å². The molecule has 0 saturated heterocycles. The van der Waals surface area contributed by atoms with Crippen molar-refractivity contribution < 1.29 is 9.66 Å². The monoisotopic (exact) mass is 326 g/mol. The van der Waals surface area contributed by atoms with Crippen LogP contribution in [-0.4, -0.2) is 11.5 Å². The first-order valence-corrected chi connectivity index (χ1v) is 6.63. The first-order valence-electron chi connectivity index (χ1n) is 5.84. The van der Waals surface area contributed by atoms with Gasteiger partial charge in [0.25, 0.3) is 5.69 Å². The molecule has 1 aromatic carbocycles. The van der Waals surface area contributed by atoms with E-state index in [9.17, 15) is 10.1 Å². The number of hydrogen-bond donors (Lipinski definition) is 0. The van der Waals surface area contributed by atoms with E-state index in [0.717, 1.165) is 12.8 Å². The van der Waals surface area contributed by atoms with Crippen LogP contribution in [0, 0.1) is 26.9 Å².